The van der Waals surface area contributed by atoms with Crippen LogP contribution in [0.1, 0.15) is 12.0 Å². The Labute approximate surface area is 207 Å². The first-order valence-electron chi connectivity index (χ1n) is 10.0. The first-order chi connectivity index (χ1) is 15.9. The second kappa shape index (κ2) is 12.0. The maximum absolute atomic E-state index is 11.0. The second-order valence-corrected chi connectivity index (χ2v) is 8.99. The van der Waals surface area contributed by atoms with Crippen LogP contribution in [0.5, 0.6) is 11.5 Å². The van der Waals surface area contributed by atoms with Crippen LogP contribution in [-0.4, -0.2) is 29.3 Å². The number of hydrogen-bond acceptors (Lipinski definition) is 4. The molecule has 0 aliphatic rings. The van der Waals surface area contributed by atoms with E-state index in [2.05, 4.69) is 8.71 Å². The van der Waals surface area contributed by atoms with Gasteiger partial charge in [0.05, 0.1) is 5.52 Å². The maximum atomic E-state index is 11.0. The monoisotopic (exact) mass is 503 g/mol. The number of ether oxygens (including phenoxy) is 2. The fraction of sp³-hybridized carbons (Fsp3) is 0.160. The Kier molecular flexibility index (Phi) is 9.09. The van der Waals surface area contributed by atoms with E-state index in [9.17, 15) is 4.79 Å². The Morgan fingerprint density at radius 1 is 0.970 bits per heavy atom. The fourth-order valence-corrected chi connectivity index (χ4v) is 4.57. The third-order valence-corrected chi connectivity index (χ3v) is 5.89. The summed E-state index contributed by atoms with van der Waals surface area (Å²) in [6.45, 7) is 0. The van der Waals surface area contributed by atoms with E-state index in [1.54, 1.807) is 44.4 Å². The maximum Gasteiger partial charge on any atom is 0.303 e. The van der Waals surface area contributed by atoms with Crippen LogP contribution in [0.4, 0.5) is 0 Å². The molecule has 172 valence electrons. The van der Waals surface area contributed by atoms with Gasteiger partial charge in [-0.2, -0.15) is 0 Å². The van der Waals surface area contributed by atoms with Crippen molar-refractivity contribution in [2.45, 2.75) is 17.7 Å². The Morgan fingerprint density at radius 3 is 2.24 bits per heavy atom. The highest BCUT2D eigenvalue weighted by Crippen LogP contribution is 2.33. The molecule has 4 rings (SSSR count). The molecule has 8 heteroatoms. The van der Waals surface area contributed by atoms with E-state index in [0.717, 1.165) is 21.4 Å². The molecule has 0 spiro atoms. The molecule has 0 unspecified atom stereocenters. The quantitative estimate of drug-likeness (QED) is 0.281. The van der Waals surface area contributed by atoms with Crippen molar-refractivity contribution < 1.29 is 19.4 Å². The third-order valence-electron chi connectivity index (χ3n) is 4.47. The van der Waals surface area contributed by atoms with Gasteiger partial charge in [0.15, 0.2) is 0 Å². The average Bonchev–Trinajstić information content (AvgIpc) is 3.11. The van der Waals surface area contributed by atoms with Gasteiger partial charge in [-0.3, -0.25) is 8.77 Å². The molecule has 5 nitrogen and oxygen atoms in total. The lowest BCUT2D eigenvalue weighted by Crippen LogP contribution is -1.96. The van der Waals surface area contributed by atoms with E-state index in [0.29, 0.717) is 28.0 Å². The van der Waals surface area contributed by atoms with Gasteiger partial charge < -0.3 is 14.6 Å². The Morgan fingerprint density at radius 2 is 1.61 bits per heavy atom. The molecule has 0 aliphatic heterocycles. The number of carboxylic acid groups (broad SMARTS) is 1. The Hall–Kier alpha value is -2.64. The lowest BCUT2D eigenvalue weighted by molar-refractivity contribution is -0.136. The van der Waals surface area contributed by atoms with E-state index >= 15 is 0 Å². The first kappa shape index (κ1) is 25.0. The van der Waals surface area contributed by atoms with Crippen molar-refractivity contribution in [2.75, 3.05) is 14.2 Å². The van der Waals surface area contributed by atoms with Crippen LogP contribution in [0.25, 0.3) is 10.9 Å². The number of aryl methyl sites for hydroxylation is 1. The van der Waals surface area contributed by atoms with Gasteiger partial charge in [0.25, 0.3) is 0 Å². The highest BCUT2D eigenvalue weighted by atomic mass is 35.5. The lowest BCUT2D eigenvalue weighted by atomic mass is 10.1. The van der Waals surface area contributed by atoms with Crippen molar-refractivity contribution in [1.29, 1.82) is 0 Å². The first-order valence-corrected chi connectivity index (χ1v) is 11.6. The fourth-order valence-electron chi connectivity index (χ4n) is 3.14. The van der Waals surface area contributed by atoms with Crippen molar-refractivity contribution in [2.24, 2.45) is 0 Å². The molecule has 1 N–H and O–H groups in total. The number of aliphatic carboxylic acids is 1. The van der Waals surface area contributed by atoms with Gasteiger partial charge in [0.2, 0.25) is 0 Å². The Balaban J connectivity index is 0.000000968. The van der Waals surface area contributed by atoms with Crippen LogP contribution in [0.2, 0.25) is 10.0 Å². The van der Waals surface area contributed by atoms with Crippen molar-refractivity contribution >= 4 is 52.0 Å². The standard InChI is InChI=1S/C23H17Cl2NO3S.C2H6O/c24-16-11-17(25)13-19(12-16)29-18-6-8-20(9-7-18)30-26-14-15(5-10-23(27)28)21-3-1-2-4-22(21)26;1-3-2/h1-4,6-9,11-14H,5,10H2,(H,27,28);1-2H3. The number of aromatic nitrogens is 1. The number of carbonyl (C=O) groups is 1. The van der Waals surface area contributed by atoms with Gasteiger partial charge in [-0.15, -0.1) is 0 Å². The van der Waals surface area contributed by atoms with Crippen molar-refractivity contribution in [3.05, 3.63) is 88.5 Å². The zero-order valence-electron chi connectivity index (χ0n) is 18.1. The minimum atomic E-state index is -0.795. The number of nitrogens with zero attached hydrogens (tertiary/aromatic N) is 1. The van der Waals surface area contributed by atoms with Crippen molar-refractivity contribution in [3.63, 3.8) is 0 Å². The highest BCUT2D eigenvalue weighted by Gasteiger charge is 2.11. The summed E-state index contributed by atoms with van der Waals surface area (Å²) in [5, 5.41) is 11.1. The smallest absolute Gasteiger partial charge is 0.303 e. The largest absolute Gasteiger partial charge is 0.481 e. The van der Waals surface area contributed by atoms with Crippen LogP contribution < -0.4 is 4.74 Å². The summed E-state index contributed by atoms with van der Waals surface area (Å²) in [5.74, 6) is 0.459. The predicted molar refractivity (Wildman–Crippen MR) is 135 cm³/mol. The molecule has 0 radical (unpaired) electrons. The summed E-state index contributed by atoms with van der Waals surface area (Å²) in [5.41, 5.74) is 2.08. The molecule has 0 saturated heterocycles. The number of halogens is 2. The summed E-state index contributed by atoms with van der Waals surface area (Å²) in [6, 6.07) is 20.8. The van der Waals surface area contributed by atoms with E-state index in [-0.39, 0.29) is 6.42 Å². The Bertz CT molecular complexity index is 1200. The highest BCUT2D eigenvalue weighted by molar-refractivity contribution is 7.98. The molecule has 0 fully saturated rings. The number of methoxy groups -OCH3 is 1. The summed E-state index contributed by atoms with van der Waals surface area (Å²) < 4.78 is 12.2. The predicted octanol–water partition coefficient (Wildman–Crippen LogP) is 7.58. The van der Waals surface area contributed by atoms with Crippen LogP contribution in [0.3, 0.4) is 0 Å². The normalized spacial score (nSPS) is 10.5. The number of fused-ring (bicyclic) bond motifs is 1. The molecule has 0 amide bonds. The van der Waals surface area contributed by atoms with Crippen molar-refractivity contribution in [3.8, 4) is 11.5 Å². The molecular formula is C25H23Cl2NO4S. The van der Waals surface area contributed by atoms with Gasteiger partial charge in [-0.05, 0) is 72.5 Å². The molecule has 0 bridgehead atoms. The van der Waals surface area contributed by atoms with Crippen LogP contribution >= 0.6 is 35.1 Å². The second-order valence-electron chi connectivity index (χ2n) is 7.07. The molecule has 0 aliphatic carbocycles. The summed E-state index contributed by atoms with van der Waals surface area (Å²) in [4.78, 5) is 12.0. The molecule has 1 aromatic heterocycles. The zero-order chi connectivity index (χ0) is 23.8. The van der Waals surface area contributed by atoms with Crippen molar-refractivity contribution in [1.82, 2.24) is 3.97 Å². The van der Waals surface area contributed by atoms with Gasteiger partial charge in [-0.25, -0.2) is 0 Å². The van der Waals surface area contributed by atoms with E-state index in [1.165, 1.54) is 0 Å². The van der Waals surface area contributed by atoms with Crippen LogP contribution in [-0.2, 0) is 16.0 Å². The SMILES string of the molecule is COC.O=C(O)CCc1cn(Sc2ccc(Oc3cc(Cl)cc(Cl)c3)cc2)c2ccccc12. The number of benzene rings is 3. The average molecular weight is 504 g/mol. The zero-order valence-corrected chi connectivity index (χ0v) is 20.5. The molecular weight excluding hydrogens is 481 g/mol. The number of carboxylic acids is 1. The van der Waals surface area contributed by atoms with E-state index < -0.39 is 5.97 Å². The number of para-hydroxylation sites is 1. The van der Waals surface area contributed by atoms with E-state index in [1.807, 2.05) is 54.7 Å². The molecule has 0 saturated carbocycles. The summed E-state index contributed by atoms with van der Waals surface area (Å²) in [7, 11) is 3.25. The third kappa shape index (κ3) is 7.17. The minimum Gasteiger partial charge on any atom is -0.481 e. The molecule has 3 aromatic carbocycles. The van der Waals surface area contributed by atoms with Gasteiger partial charge in [0.1, 0.15) is 11.5 Å². The van der Waals surface area contributed by atoms with Gasteiger partial charge in [-0.1, -0.05) is 41.4 Å². The molecule has 4 aromatic rings. The molecule has 1 heterocycles. The summed E-state index contributed by atoms with van der Waals surface area (Å²) in [6.07, 6.45) is 2.62. The lowest BCUT2D eigenvalue weighted by Gasteiger charge is -2.08. The minimum absolute atomic E-state index is 0.109. The van der Waals surface area contributed by atoms with Crippen LogP contribution in [0.15, 0.2) is 77.8 Å². The number of hydrogen-bond donors (Lipinski definition) is 1. The van der Waals surface area contributed by atoms with E-state index in [4.69, 9.17) is 33.0 Å². The van der Waals surface area contributed by atoms with Crippen LogP contribution in [0, 0.1) is 0 Å². The van der Waals surface area contributed by atoms with Gasteiger partial charge >= 0.3 is 5.97 Å². The topological polar surface area (TPSA) is 60.7 Å². The summed E-state index contributed by atoms with van der Waals surface area (Å²) >= 11 is 13.6. The van der Waals surface area contributed by atoms with Gasteiger partial charge in [0, 0.05) is 47.2 Å². The number of rotatable bonds is 7. The molecule has 0 atom stereocenters. The molecule has 33 heavy (non-hydrogen) atoms.